The molecule has 23 heavy (non-hydrogen) atoms. The summed E-state index contributed by atoms with van der Waals surface area (Å²) in [5, 5.41) is 0. The van der Waals surface area contributed by atoms with E-state index in [-0.39, 0.29) is 5.92 Å². The molecular formula is C21H40O2. The van der Waals surface area contributed by atoms with Gasteiger partial charge in [0.05, 0.1) is 0 Å². The lowest BCUT2D eigenvalue weighted by Crippen LogP contribution is -2.05. The Labute approximate surface area is 144 Å². The van der Waals surface area contributed by atoms with Crippen LogP contribution < -0.4 is 0 Å². The number of rotatable bonds is 17. The highest BCUT2D eigenvalue weighted by atomic mass is 16.1. The highest BCUT2D eigenvalue weighted by Gasteiger charge is 2.05. The largest absolute Gasteiger partial charge is 0.300 e. The van der Waals surface area contributed by atoms with Crippen molar-refractivity contribution >= 4 is 11.6 Å². The summed E-state index contributed by atoms with van der Waals surface area (Å²) in [6.07, 6.45) is 17.5. The van der Waals surface area contributed by atoms with Crippen LogP contribution in [0.4, 0.5) is 0 Å². The molecule has 0 fully saturated rings. The molecule has 0 atom stereocenters. The van der Waals surface area contributed by atoms with E-state index in [0.29, 0.717) is 18.0 Å². The normalized spacial score (nSPS) is 11.1. The Hall–Kier alpha value is -0.660. The van der Waals surface area contributed by atoms with Gasteiger partial charge < -0.3 is 0 Å². The van der Waals surface area contributed by atoms with E-state index in [1.807, 2.05) is 20.8 Å². The van der Waals surface area contributed by atoms with Crippen molar-refractivity contribution in [2.45, 2.75) is 117 Å². The molecule has 0 aromatic carbocycles. The van der Waals surface area contributed by atoms with Crippen molar-refractivity contribution in [3.8, 4) is 0 Å². The minimum Gasteiger partial charge on any atom is -0.300 e. The zero-order valence-electron chi connectivity index (χ0n) is 16.0. The summed E-state index contributed by atoms with van der Waals surface area (Å²) >= 11 is 0. The third kappa shape index (κ3) is 16.0. The molecule has 0 radical (unpaired) electrons. The zero-order chi connectivity index (χ0) is 17.3. The van der Waals surface area contributed by atoms with Crippen molar-refractivity contribution in [3.63, 3.8) is 0 Å². The Kier molecular flexibility index (Phi) is 15.7. The summed E-state index contributed by atoms with van der Waals surface area (Å²) in [6.45, 7) is 5.94. The lowest BCUT2D eigenvalue weighted by atomic mass is 10.0. The minimum absolute atomic E-state index is 0.210. The van der Waals surface area contributed by atoms with E-state index in [1.54, 1.807) is 0 Å². The first-order chi connectivity index (χ1) is 11.1. The molecule has 0 unspecified atom stereocenters. The summed E-state index contributed by atoms with van der Waals surface area (Å²) in [5.74, 6) is 1.05. The average Bonchev–Trinajstić information content (AvgIpc) is 2.54. The Morgan fingerprint density at radius 1 is 0.609 bits per heavy atom. The molecule has 2 heteroatoms. The number of unbranched alkanes of at least 4 members (excludes halogenated alkanes) is 11. The summed E-state index contributed by atoms with van der Waals surface area (Å²) in [7, 11) is 0. The third-order valence-corrected chi connectivity index (χ3v) is 4.67. The first kappa shape index (κ1) is 22.3. The molecule has 136 valence electrons. The van der Waals surface area contributed by atoms with Crippen LogP contribution in [0.15, 0.2) is 0 Å². The quantitative estimate of drug-likeness (QED) is 0.281. The summed E-state index contributed by atoms with van der Waals surface area (Å²) in [6, 6.07) is 0. The molecule has 0 aliphatic carbocycles. The van der Waals surface area contributed by atoms with Gasteiger partial charge in [-0.1, -0.05) is 85.0 Å². The van der Waals surface area contributed by atoms with E-state index < -0.39 is 0 Å². The summed E-state index contributed by atoms with van der Waals surface area (Å²) in [4.78, 5) is 22.6. The Balaban J connectivity index is 3.11. The van der Waals surface area contributed by atoms with Gasteiger partial charge in [-0.25, -0.2) is 0 Å². The maximum Gasteiger partial charge on any atom is 0.135 e. The van der Waals surface area contributed by atoms with Crippen LogP contribution in [0.25, 0.3) is 0 Å². The standard InChI is InChI=1S/C21H40O2/c1-4-20(22)17-15-13-11-9-7-5-6-8-10-12-14-16-18-21(23)19(2)3/h19H,4-18H2,1-3H3. The van der Waals surface area contributed by atoms with Crippen molar-refractivity contribution in [3.05, 3.63) is 0 Å². The molecule has 0 aliphatic rings. The van der Waals surface area contributed by atoms with Crippen LogP contribution in [0.2, 0.25) is 0 Å². The van der Waals surface area contributed by atoms with Crippen molar-refractivity contribution in [2.24, 2.45) is 5.92 Å². The predicted octanol–water partition coefficient (Wildman–Crippen LogP) is 6.65. The minimum atomic E-state index is 0.210. The maximum absolute atomic E-state index is 11.5. The first-order valence-electron chi connectivity index (χ1n) is 10.1. The van der Waals surface area contributed by atoms with Crippen LogP contribution in [0.1, 0.15) is 117 Å². The van der Waals surface area contributed by atoms with E-state index in [4.69, 9.17) is 0 Å². The van der Waals surface area contributed by atoms with Gasteiger partial charge in [0.1, 0.15) is 11.6 Å². The van der Waals surface area contributed by atoms with E-state index >= 15 is 0 Å². The van der Waals surface area contributed by atoms with Gasteiger partial charge in [-0.05, 0) is 12.8 Å². The zero-order valence-corrected chi connectivity index (χ0v) is 16.0. The molecule has 0 aromatic rings. The second-order valence-electron chi connectivity index (χ2n) is 7.26. The van der Waals surface area contributed by atoms with Crippen LogP contribution >= 0.6 is 0 Å². The van der Waals surface area contributed by atoms with Gasteiger partial charge in [-0.3, -0.25) is 9.59 Å². The lowest BCUT2D eigenvalue weighted by Gasteiger charge is -2.04. The average molecular weight is 325 g/mol. The van der Waals surface area contributed by atoms with Gasteiger partial charge in [0.25, 0.3) is 0 Å². The Morgan fingerprint density at radius 2 is 0.957 bits per heavy atom. The number of Topliss-reactive ketones (excluding diaryl/α,β-unsaturated/α-hetero) is 2. The molecule has 0 saturated carbocycles. The molecular weight excluding hydrogens is 284 g/mol. The highest BCUT2D eigenvalue weighted by Crippen LogP contribution is 2.13. The first-order valence-corrected chi connectivity index (χ1v) is 10.1. The summed E-state index contributed by atoms with van der Waals surface area (Å²) < 4.78 is 0. The molecule has 0 N–H and O–H groups in total. The maximum atomic E-state index is 11.5. The van der Waals surface area contributed by atoms with Crippen molar-refractivity contribution in [1.82, 2.24) is 0 Å². The molecule has 0 amide bonds. The van der Waals surface area contributed by atoms with E-state index in [2.05, 4.69) is 0 Å². The van der Waals surface area contributed by atoms with Crippen LogP contribution in [0.3, 0.4) is 0 Å². The van der Waals surface area contributed by atoms with Gasteiger partial charge in [0, 0.05) is 25.2 Å². The number of carbonyl (C=O) groups excluding carboxylic acids is 2. The number of hydrogen-bond acceptors (Lipinski definition) is 2. The Bertz CT molecular complexity index is 294. The number of hydrogen-bond donors (Lipinski definition) is 0. The van der Waals surface area contributed by atoms with E-state index in [0.717, 1.165) is 25.7 Å². The SMILES string of the molecule is CCC(=O)CCCCCCCCCCCCCCC(=O)C(C)C. The van der Waals surface area contributed by atoms with Crippen LogP contribution in [-0.4, -0.2) is 11.6 Å². The molecule has 0 bridgehead atoms. The number of ketones is 2. The molecule has 0 spiro atoms. The fourth-order valence-electron chi connectivity index (χ4n) is 2.85. The van der Waals surface area contributed by atoms with Crippen molar-refractivity contribution in [2.75, 3.05) is 0 Å². The molecule has 0 heterocycles. The molecule has 0 saturated heterocycles. The monoisotopic (exact) mass is 324 g/mol. The van der Waals surface area contributed by atoms with Gasteiger partial charge >= 0.3 is 0 Å². The van der Waals surface area contributed by atoms with Crippen molar-refractivity contribution in [1.29, 1.82) is 0 Å². The predicted molar refractivity (Wildman–Crippen MR) is 99.8 cm³/mol. The van der Waals surface area contributed by atoms with Crippen LogP contribution in [0.5, 0.6) is 0 Å². The fraction of sp³-hybridized carbons (Fsp3) is 0.905. The Morgan fingerprint density at radius 3 is 1.30 bits per heavy atom. The van der Waals surface area contributed by atoms with Gasteiger partial charge in [0.15, 0.2) is 0 Å². The van der Waals surface area contributed by atoms with Crippen LogP contribution in [-0.2, 0) is 9.59 Å². The van der Waals surface area contributed by atoms with Gasteiger partial charge in [0.2, 0.25) is 0 Å². The van der Waals surface area contributed by atoms with E-state index in [1.165, 1.54) is 64.2 Å². The van der Waals surface area contributed by atoms with Gasteiger partial charge in [-0.2, -0.15) is 0 Å². The lowest BCUT2D eigenvalue weighted by molar-refractivity contribution is -0.122. The van der Waals surface area contributed by atoms with E-state index in [9.17, 15) is 9.59 Å². The molecule has 0 aliphatic heterocycles. The van der Waals surface area contributed by atoms with Crippen molar-refractivity contribution < 1.29 is 9.59 Å². The molecule has 0 aromatic heterocycles. The third-order valence-electron chi connectivity index (χ3n) is 4.67. The van der Waals surface area contributed by atoms with Crippen LogP contribution in [0, 0.1) is 5.92 Å². The second kappa shape index (κ2) is 16.2. The molecule has 0 rings (SSSR count). The van der Waals surface area contributed by atoms with Gasteiger partial charge in [-0.15, -0.1) is 0 Å². The smallest absolute Gasteiger partial charge is 0.135 e. The summed E-state index contributed by atoms with van der Waals surface area (Å²) in [5.41, 5.74) is 0. The highest BCUT2D eigenvalue weighted by molar-refractivity contribution is 5.80. The fourth-order valence-corrected chi connectivity index (χ4v) is 2.85. The molecule has 2 nitrogen and oxygen atoms in total. The second-order valence-corrected chi connectivity index (χ2v) is 7.26. The topological polar surface area (TPSA) is 34.1 Å². The number of carbonyl (C=O) groups is 2.